The molecule has 1 fully saturated rings. The van der Waals surface area contributed by atoms with Crippen LogP contribution in [0.4, 0.5) is 5.69 Å². The number of ether oxygens (including phenoxy) is 3. The number of anilines is 1. The van der Waals surface area contributed by atoms with Crippen LogP contribution in [0.1, 0.15) is 24.1 Å². The lowest BCUT2D eigenvalue weighted by atomic mass is 9.95. The van der Waals surface area contributed by atoms with Crippen LogP contribution in [-0.4, -0.2) is 42.6 Å². The quantitative estimate of drug-likeness (QED) is 0.322. The smallest absolute Gasteiger partial charge is 0.300 e. The van der Waals surface area contributed by atoms with Crippen molar-refractivity contribution in [2.45, 2.75) is 13.0 Å². The van der Waals surface area contributed by atoms with Gasteiger partial charge < -0.3 is 19.3 Å². The number of carbonyl (C=O) groups is 2. The topological polar surface area (TPSA) is 98.2 Å². The lowest BCUT2D eigenvalue weighted by molar-refractivity contribution is -0.132. The lowest BCUT2D eigenvalue weighted by Crippen LogP contribution is -2.29. The molecule has 8 heteroatoms. The lowest BCUT2D eigenvalue weighted by Gasteiger charge is -2.25. The van der Waals surface area contributed by atoms with Crippen LogP contribution in [0.15, 0.2) is 72.6 Å². The molecule has 2 aromatic carbocycles. The van der Waals surface area contributed by atoms with Gasteiger partial charge in [0.2, 0.25) is 0 Å². The summed E-state index contributed by atoms with van der Waals surface area (Å²) in [5.74, 6) is -0.449. The summed E-state index contributed by atoms with van der Waals surface area (Å²) in [6.07, 6.45) is 3.16. The summed E-state index contributed by atoms with van der Waals surface area (Å²) in [5, 5.41) is 11.3. The number of pyridine rings is 1. The van der Waals surface area contributed by atoms with E-state index in [0.29, 0.717) is 35.1 Å². The number of aliphatic hydroxyl groups excluding tert-OH is 1. The Kier molecular flexibility index (Phi) is 6.49. The molecule has 1 N–H and O–H groups in total. The summed E-state index contributed by atoms with van der Waals surface area (Å²) in [4.78, 5) is 32.0. The Hall–Kier alpha value is -4.33. The van der Waals surface area contributed by atoms with Crippen molar-refractivity contribution in [3.8, 4) is 17.2 Å². The Labute approximate surface area is 197 Å². The van der Waals surface area contributed by atoms with Crippen molar-refractivity contribution < 1.29 is 28.9 Å². The first-order chi connectivity index (χ1) is 16.5. The second kappa shape index (κ2) is 9.66. The maximum absolute atomic E-state index is 13.3. The molecule has 0 aliphatic carbocycles. The fraction of sp³-hybridized carbons (Fsp3) is 0.192. The number of rotatable bonds is 7. The van der Waals surface area contributed by atoms with Gasteiger partial charge in [0, 0.05) is 24.1 Å². The zero-order valence-electron chi connectivity index (χ0n) is 19.0. The van der Waals surface area contributed by atoms with Crippen molar-refractivity contribution in [3.63, 3.8) is 0 Å². The van der Waals surface area contributed by atoms with Gasteiger partial charge in [0.15, 0.2) is 0 Å². The summed E-state index contributed by atoms with van der Waals surface area (Å²) < 4.78 is 16.1. The SMILES string of the molecule is CCOc1ccc(N2C(=O)C(=O)/C(=C(\O)c3ccc(OC)cc3OC)C2c2cccnc2)cc1. The van der Waals surface area contributed by atoms with E-state index in [-0.39, 0.29) is 16.9 Å². The molecule has 34 heavy (non-hydrogen) atoms. The summed E-state index contributed by atoms with van der Waals surface area (Å²) in [7, 11) is 2.96. The van der Waals surface area contributed by atoms with Crippen LogP contribution < -0.4 is 19.1 Å². The van der Waals surface area contributed by atoms with Crippen LogP contribution in [0.3, 0.4) is 0 Å². The molecule has 1 aromatic heterocycles. The summed E-state index contributed by atoms with van der Waals surface area (Å²) in [6.45, 7) is 2.38. The van der Waals surface area contributed by atoms with E-state index in [2.05, 4.69) is 4.98 Å². The van der Waals surface area contributed by atoms with Crippen LogP contribution in [-0.2, 0) is 9.59 Å². The Bertz CT molecular complexity index is 1240. The van der Waals surface area contributed by atoms with E-state index in [0.717, 1.165) is 0 Å². The number of aliphatic hydroxyl groups is 1. The fourth-order valence-corrected chi connectivity index (χ4v) is 3.96. The van der Waals surface area contributed by atoms with Crippen LogP contribution in [0.5, 0.6) is 17.2 Å². The van der Waals surface area contributed by atoms with Crippen LogP contribution in [0, 0.1) is 0 Å². The minimum absolute atomic E-state index is 0.0599. The number of nitrogens with zero attached hydrogens (tertiary/aromatic N) is 2. The van der Waals surface area contributed by atoms with Gasteiger partial charge in [-0.2, -0.15) is 0 Å². The molecular weight excluding hydrogens is 436 g/mol. The van der Waals surface area contributed by atoms with Gasteiger partial charge in [0.05, 0.1) is 38.0 Å². The van der Waals surface area contributed by atoms with Crippen molar-refractivity contribution >= 4 is 23.1 Å². The van der Waals surface area contributed by atoms with Crippen LogP contribution in [0.25, 0.3) is 5.76 Å². The molecule has 3 aromatic rings. The van der Waals surface area contributed by atoms with Gasteiger partial charge in [-0.05, 0) is 55.0 Å². The van der Waals surface area contributed by atoms with Crippen molar-refractivity contribution in [1.82, 2.24) is 4.98 Å². The zero-order chi connectivity index (χ0) is 24.2. The third-order valence-corrected chi connectivity index (χ3v) is 5.53. The number of carbonyl (C=O) groups excluding carboxylic acids is 2. The molecule has 2 heterocycles. The second-order valence-corrected chi connectivity index (χ2v) is 7.45. The molecule has 1 aliphatic rings. The maximum Gasteiger partial charge on any atom is 0.300 e. The Morgan fingerprint density at radius 2 is 1.76 bits per heavy atom. The molecular formula is C26H24N2O6. The van der Waals surface area contributed by atoms with E-state index in [1.165, 1.54) is 19.1 Å². The van der Waals surface area contributed by atoms with Gasteiger partial charge >= 0.3 is 0 Å². The predicted octanol–water partition coefficient (Wildman–Crippen LogP) is 4.12. The van der Waals surface area contributed by atoms with E-state index in [9.17, 15) is 14.7 Å². The third-order valence-electron chi connectivity index (χ3n) is 5.53. The highest BCUT2D eigenvalue weighted by Crippen LogP contribution is 2.43. The molecule has 0 bridgehead atoms. The van der Waals surface area contributed by atoms with E-state index in [4.69, 9.17) is 14.2 Å². The molecule has 1 unspecified atom stereocenters. The molecule has 4 rings (SSSR count). The number of ketones is 1. The first kappa shape index (κ1) is 22.8. The highest BCUT2D eigenvalue weighted by Gasteiger charge is 2.47. The second-order valence-electron chi connectivity index (χ2n) is 7.45. The van der Waals surface area contributed by atoms with Crippen molar-refractivity contribution in [2.24, 2.45) is 0 Å². The van der Waals surface area contributed by atoms with Crippen LogP contribution in [0.2, 0.25) is 0 Å². The summed E-state index contributed by atoms with van der Waals surface area (Å²) >= 11 is 0. The molecule has 1 atom stereocenters. The largest absolute Gasteiger partial charge is 0.507 e. The standard InChI is InChI=1S/C26H24N2O6/c1-4-34-18-9-7-17(8-10-18)28-23(16-6-5-13-27-15-16)22(25(30)26(28)31)24(29)20-12-11-19(32-2)14-21(20)33-3/h5-15,23,29H,4H2,1-3H3/b24-22-. The van der Waals surface area contributed by atoms with E-state index in [1.807, 2.05) is 6.92 Å². The molecule has 0 spiro atoms. The molecule has 0 radical (unpaired) electrons. The number of benzene rings is 2. The molecule has 1 saturated heterocycles. The molecule has 174 valence electrons. The average Bonchev–Trinajstić information content (AvgIpc) is 3.14. The molecule has 0 saturated carbocycles. The first-order valence-corrected chi connectivity index (χ1v) is 10.7. The van der Waals surface area contributed by atoms with E-state index < -0.39 is 17.7 Å². The number of aromatic nitrogens is 1. The van der Waals surface area contributed by atoms with Crippen LogP contribution >= 0.6 is 0 Å². The molecule has 1 amide bonds. The summed E-state index contributed by atoms with van der Waals surface area (Å²) in [5.41, 5.74) is 1.27. The number of methoxy groups -OCH3 is 2. The normalized spacial score (nSPS) is 17.0. The summed E-state index contributed by atoms with van der Waals surface area (Å²) in [6, 6.07) is 14.2. The van der Waals surface area contributed by atoms with E-state index >= 15 is 0 Å². The van der Waals surface area contributed by atoms with Crippen molar-refractivity contribution in [1.29, 1.82) is 0 Å². The van der Waals surface area contributed by atoms with E-state index in [1.54, 1.807) is 67.0 Å². The van der Waals surface area contributed by atoms with Crippen molar-refractivity contribution in [2.75, 3.05) is 25.7 Å². The zero-order valence-corrected chi connectivity index (χ0v) is 19.0. The van der Waals surface area contributed by atoms with Crippen molar-refractivity contribution in [3.05, 3.63) is 83.7 Å². The van der Waals surface area contributed by atoms with Gasteiger partial charge in [-0.1, -0.05) is 6.07 Å². The Morgan fingerprint density at radius 1 is 1.03 bits per heavy atom. The van der Waals surface area contributed by atoms with Gasteiger partial charge in [-0.3, -0.25) is 19.5 Å². The minimum atomic E-state index is -0.890. The monoisotopic (exact) mass is 460 g/mol. The number of Topliss-reactive ketones (excluding diaryl/α,β-unsaturated/α-hetero) is 1. The van der Waals surface area contributed by atoms with Gasteiger partial charge in [-0.25, -0.2) is 0 Å². The molecule has 1 aliphatic heterocycles. The number of hydrogen-bond donors (Lipinski definition) is 1. The third kappa shape index (κ3) is 4.05. The minimum Gasteiger partial charge on any atom is -0.507 e. The molecule has 8 nitrogen and oxygen atoms in total. The van der Waals surface area contributed by atoms with Gasteiger partial charge in [0.25, 0.3) is 11.7 Å². The number of hydrogen-bond acceptors (Lipinski definition) is 7. The maximum atomic E-state index is 13.3. The highest BCUT2D eigenvalue weighted by molar-refractivity contribution is 6.51. The Morgan fingerprint density at radius 3 is 2.38 bits per heavy atom. The predicted molar refractivity (Wildman–Crippen MR) is 126 cm³/mol. The fourth-order valence-electron chi connectivity index (χ4n) is 3.96. The Balaban J connectivity index is 1.90. The van der Waals surface area contributed by atoms with Gasteiger partial charge in [-0.15, -0.1) is 0 Å². The number of amides is 1. The highest BCUT2D eigenvalue weighted by atomic mass is 16.5. The first-order valence-electron chi connectivity index (χ1n) is 10.7. The average molecular weight is 460 g/mol. The van der Waals surface area contributed by atoms with Gasteiger partial charge in [0.1, 0.15) is 23.0 Å².